The molecule has 2 rings (SSSR count). The number of nitrogens with zero attached hydrogens (tertiary/aromatic N) is 1. The fourth-order valence-electron chi connectivity index (χ4n) is 2.16. The Kier molecular flexibility index (Phi) is 6.71. The molecule has 3 nitrogen and oxygen atoms in total. The van der Waals surface area contributed by atoms with Gasteiger partial charge in [-0.25, -0.2) is 4.31 Å². The Bertz CT molecular complexity index is 393. The molecule has 0 aliphatic carbocycles. The van der Waals surface area contributed by atoms with Crippen molar-refractivity contribution in [1.82, 2.24) is 4.31 Å². The topological polar surface area (TPSA) is 21.7 Å². The van der Waals surface area contributed by atoms with Crippen molar-refractivity contribution in [2.75, 3.05) is 26.9 Å². The van der Waals surface area contributed by atoms with Gasteiger partial charge in [-0.15, -0.1) is 0 Å². The second kappa shape index (κ2) is 8.05. The molecule has 0 amide bonds. The molecule has 2 atom stereocenters. The predicted octanol–water partition coefficient (Wildman–Crippen LogP) is 3.60. The van der Waals surface area contributed by atoms with Gasteiger partial charge in [0.05, 0.1) is 19.3 Å². The van der Waals surface area contributed by atoms with Gasteiger partial charge < -0.3 is 9.47 Å². The first-order chi connectivity index (χ1) is 9.22. The van der Waals surface area contributed by atoms with Crippen molar-refractivity contribution in [2.45, 2.75) is 18.6 Å². The number of methoxy groups -OCH3 is 1. The lowest BCUT2D eigenvalue weighted by Gasteiger charge is -2.37. The zero-order valence-corrected chi connectivity index (χ0v) is 14.5. The molecule has 2 unspecified atom stereocenters. The average molecular weight is 414 g/mol. The molecule has 1 aliphatic heterocycles. The van der Waals surface area contributed by atoms with Crippen molar-refractivity contribution in [3.63, 3.8) is 0 Å². The van der Waals surface area contributed by atoms with Crippen molar-refractivity contribution in [2.24, 2.45) is 0 Å². The minimum atomic E-state index is 0.175. The fourth-order valence-corrected chi connectivity index (χ4v) is 4.20. The Labute approximate surface area is 135 Å². The quantitative estimate of drug-likeness (QED) is 0.543. The van der Waals surface area contributed by atoms with Gasteiger partial charge in [-0.2, -0.15) is 0 Å². The number of hydrogen-bond acceptors (Lipinski definition) is 4. The highest BCUT2D eigenvalue weighted by atomic mass is 127. The smallest absolute Gasteiger partial charge is 0.0945 e. The van der Waals surface area contributed by atoms with E-state index in [1.165, 1.54) is 5.56 Å². The molecule has 1 heterocycles. The van der Waals surface area contributed by atoms with E-state index in [0.29, 0.717) is 12.6 Å². The van der Waals surface area contributed by atoms with Crippen LogP contribution in [0.25, 0.3) is 0 Å². The van der Waals surface area contributed by atoms with Crippen molar-refractivity contribution < 1.29 is 9.47 Å². The molecule has 0 radical (unpaired) electrons. The summed E-state index contributed by atoms with van der Waals surface area (Å²) in [4.78, 5) is 0. The zero-order valence-electron chi connectivity index (χ0n) is 10.7. The Morgan fingerprint density at radius 3 is 2.84 bits per heavy atom. The van der Waals surface area contributed by atoms with Crippen LogP contribution >= 0.6 is 41.9 Å². The lowest BCUT2D eigenvalue weighted by atomic mass is 10.1. The van der Waals surface area contributed by atoms with E-state index in [0.717, 1.165) is 24.6 Å². The molecule has 6 heteroatoms. The normalized spacial score (nSPS) is 24.6. The van der Waals surface area contributed by atoms with Gasteiger partial charge in [0, 0.05) is 45.9 Å². The molecule has 0 spiro atoms. The summed E-state index contributed by atoms with van der Waals surface area (Å²) < 4.78 is 13.4. The van der Waals surface area contributed by atoms with Crippen molar-refractivity contribution in [3.05, 3.63) is 34.9 Å². The molecule has 0 saturated carbocycles. The summed E-state index contributed by atoms with van der Waals surface area (Å²) in [5.41, 5.74) is 1.29. The summed E-state index contributed by atoms with van der Waals surface area (Å²) in [7, 11) is 3.46. The lowest BCUT2D eigenvalue weighted by Crippen LogP contribution is -2.48. The molecular formula is C13H17ClINO2S. The minimum Gasteiger partial charge on any atom is -0.382 e. The van der Waals surface area contributed by atoms with E-state index in [4.69, 9.17) is 21.1 Å². The van der Waals surface area contributed by atoms with E-state index < -0.39 is 0 Å². The van der Waals surface area contributed by atoms with Gasteiger partial charge in [0.2, 0.25) is 0 Å². The van der Waals surface area contributed by atoms with Crippen LogP contribution in [0.2, 0.25) is 5.02 Å². The van der Waals surface area contributed by atoms with Gasteiger partial charge in [-0.1, -0.05) is 23.7 Å². The second-order valence-corrected chi connectivity index (χ2v) is 6.79. The Balaban J connectivity index is 1.94. The Morgan fingerprint density at radius 2 is 2.21 bits per heavy atom. The van der Waals surface area contributed by atoms with Crippen LogP contribution in [-0.2, 0) is 15.9 Å². The Hall–Kier alpha value is 0.470. The maximum absolute atomic E-state index is 5.91. The molecule has 0 N–H and O–H groups in total. The summed E-state index contributed by atoms with van der Waals surface area (Å²) in [5, 5.41) is 0.781. The molecule has 106 valence electrons. The summed E-state index contributed by atoms with van der Waals surface area (Å²) in [6, 6.07) is 8.45. The van der Waals surface area contributed by atoms with Crippen LogP contribution < -0.4 is 0 Å². The van der Waals surface area contributed by atoms with Gasteiger partial charge in [0.25, 0.3) is 0 Å². The molecule has 1 saturated heterocycles. The molecule has 1 aromatic rings. The fraction of sp³-hybridized carbons (Fsp3) is 0.538. The van der Waals surface area contributed by atoms with E-state index >= 15 is 0 Å². The van der Waals surface area contributed by atoms with E-state index in [-0.39, 0.29) is 6.10 Å². The zero-order chi connectivity index (χ0) is 13.7. The van der Waals surface area contributed by atoms with Crippen LogP contribution in [-0.4, -0.2) is 43.3 Å². The summed E-state index contributed by atoms with van der Waals surface area (Å²) >= 11 is 8.24. The molecule has 0 bridgehead atoms. The average Bonchev–Trinajstić information content (AvgIpc) is 2.43. The van der Waals surface area contributed by atoms with E-state index in [2.05, 4.69) is 37.6 Å². The van der Waals surface area contributed by atoms with Gasteiger partial charge in [0.1, 0.15) is 0 Å². The van der Waals surface area contributed by atoms with Gasteiger partial charge in [-0.05, 0) is 33.2 Å². The monoisotopic (exact) mass is 413 g/mol. The molecule has 1 aromatic carbocycles. The predicted molar refractivity (Wildman–Crippen MR) is 88.9 cm³/mol. The van der Waals surface area contributed by atoms with Gasteiger partial charge >= 0.3 is 0 Å². The second-order valence-electron chi connectivity index (χ2n) is 4.56. The largest absolute Gasteiger partial charge is 0.382 e. The van der Waals surface area contributed by atoms with Crippen molar-refractivity contribution in [3.8, 4) is 0 Å². The third kappa shape index (κ3) is 4.75. The lowest BCUT2D eigenvalue weighted by molar-refractivity contribution is -0.0603. The highest BCUT2D eigenvalue weighted by molar-refractivity contribution is 14.2. The number of morpholine rings is 1. The van der Waals surface area contributed by atoms with Gasteiger partial charge in [-0.3, -0.25) is 0 Å². The van der Waals surface area contributed by atoms with Crippen molar-refractivity contribution in [1.29, 1.82) is 0 Å². The number of halogens is 2. The third-order valence-corrected chi connectivity index (χ3v) is 5.54. The van der Waals surface area contributed by atoms with Crippen LogP contribution in [0.5, 0.6) is 0 Å². The highest BCUT2D eigenvalue weighted by Gasteiger charge is 2.29. The van der Waals surface area contributed by atoms with Crippen LogP contribution in [0.1, 0.15) is 5.56 Å². The SMILES string of the molecule is COCC1CN(SI)C(Cc2ccc(Cl)cc2)CO1. The van der Waals surface area contributed by atoms with E-state index in [9.17, 15) is 0 Å². The minimum absolute atomic E-state index is 0.175. The molecule has 19 heavy (non-hydrogen) atoms. The number of benzene rings is 1. The van der Waals surface area contributed by atoms with Crippen LogP contribution in [0.3, 0.4) is 0 Å². The van der Waals surface area contributed by atoms with Gasteiger partial charge in [0.15, 0.2) is 0 Å². The van der Waals surface area contributed by atoms with Crippen molar-refractivity contribution >= 4 is 41.9 Å². The highest BCUT2D eigenvalue weighted by Crippen LogP contribution is 2.28. The standard InChI is InChI=1S/C13H17ClINO2S/c1-17-9-13-7-16(19-15)12(8-18-13)6-10-2-4-11(14)5-3-10/h2-5,12-13H,6-9H2,1H3. The van der Waals surface area contributed by atoms with Crippen LogP contribution in [0.15, 0.2) is 24.3 Å². The first-order valence-corrected chi connectivity index (χ1v) is 9.82. The summed E-state index contributed by atoms with van der Waals surface area (Å²) in [5.74, 6) is 0. The van der Waals surface area contributed by atoms with E-state index in [1.807, 2.05) is 12.1 Å². The number of rotatable bonds is 5. The molecule has 0 aromatic heterocycles. The maximum Gasteiger partial charge on any atom is 0.0945 e. The van der Waals surface area contributed by atoms with Crippen LogP contribution in [0, 0.1) is 0 Å². The third-order valence-electron chi connectivity index (χ3n) is 3.14. The number of ether oxygens (including phenoxy) is 2. The Morgan fingerprint density at radius 1 is 1.47 bits per heavy atom. The summed E-state index contributed by atoms with van der Waals surface area (Å²) in [6.07, 6.45) is 1.15. The van der Waals surface area contributed by atoms with E-state index in [1.54, 1.807) is 16.2 Å². The first-order valence-electron chi connectivity index (χ1n) is 6.13. The van der Waals surface area contributed by atoms with Crippen LogP contribution in [0.4, 0.5) is 0 Å². The number of hydrogen-bond donors (Lipinski definition) is 0. The molecular weight excluding hydrogens is 397 g/mol. The molecule has 1 aliphatic rings. The maximum atomic E-state index is 5.91. The first kappa shape index (κ1) is 15.9. The summed E-state index contributed by atoms with van der Waals surface area (Å²) in [6.45, 7) is 2.30. The molecule has 1 fully saturated rings.